The Morgan fingerprint density at radius 1 is 0.200 bits per heavy atom. The van der Waals surface area contributed by atoms with Gasteiger partial charge in [-0.15, -0.1) is 34.0 Å². The van der Waals surface area contributed by atoms with Crippen LogP contribution in [0, 0.1) is 5.82 Å². The zero-order chi connectivity index (χ0) is 95.7. The number of fused-ring (bicyclic) bond motifs is 24. The summed E-state index contributed by atoms with van der Waals surface area (Å²) in [6.45, 7) is 0. The third-order valence-corrected chi connectivity index (χ3v) is 31.5. The number of furan rings is 3. The van der Waals surface area contributed by atoms with E-state index < -0.39 is 0 Å². The van der Waals surface area contributed by atoms with E-state index in [9.17, 15) is 4.39 Å². The van der Waals surface area contributed by atoms with Crippen LogP contribution in [0.25, 0.3) is 199 Å². The van der Waals surface area contributed by atoms with Crippen LogP contribution in [0.1, 0.15) is 0 Å². The Morgan fingerprint density at radius 3 is 0.869 bits per heavy atom. The van der Waals surface area contributed by atoms with Crippen molar-refractivity contribution >= 4 is 245 Å². The molecule has 0 aliphatic carbocycles. The number of hydrogen-bond acceptors (Lipinski definition) is 9. The van der Waals surface area contributed by atoms with Gasteiger partial charge in [0.15, 0.2) is 41.5 Å². The molecule has 0 aliphatic heterocycles. The standard InChI is InChI=1S/C44H28N2OS.C43H27FN3OS.C43H28N3OS/c1-3-11-31(12-4-1)45(34-24-25-37-42(28-34)48-44-36-16-8-10-18-41(36)47-43(37)44)33-22-19-29(20-23-33)30-21-26-40-38(27-30)35-15-7-9-17-39(35)46(40)32-13-5-2-6-14-32;44-28-14-16-30(17-15-28)47-38-12-6-4-10-34(38)37-26-32(19-21-39(37)47)46(31-22-24-45(25-23-31)29-8-2-1-3-9-29)33-18-20-36-41(27-33)49-43-35-11-5-7-13-40(35)48-42(36)43;1-3-11-29(12-4-1)44-25-23-31(24-26-44)45(33-19-21-36-41(28-33)48-43-35-16-8-10-18-40(35)47-42(36)43)32-20-22-39-37(27-32)34-15-7-9-17-38(34)46(39)30-13-5-2-6-14-30/h1-28H;1-27H;1-28H/q;2*+1. The predicted octanol–water partition coefficient (Wildman–Crippen LogP) is 36.5. The van der Waals surface area contributed by atoms with Gasteiger partial charge in [0.25, 0.3) is 0 Å². The van der Waals surface area contributed by atoms with Crippen molar-refractivity contribution in [3.05, 3.63) is 510 Å². The first kappa shape index (κ1) is 84.6. The van der Waals surface area contributed by atoms with Crippen molar-refractivity contribution in [3.63, 3.8) is 0 Å². The zero-order valence-electron chi connectivity index (χ0n) is 77.8. The molecule has 11 heterocycles. The minimum absolute atomic E-state index is 0.248. The minimum atomic E-state index is -0.248. The van der Waals surface area contributed by atoms with Gasteiger partial charge in [-0.2, -0.15) is 9.13 Å². The normalized spacial score (nSPS) is 11.8. The molecule has 0 saturated heterocycles. The van der Waals surface area contributed by atoms with E-state index in [4.69, 9.17) is 13.3 Å². The summed E-state index contributed by atoms with van der Waals surface area (Å²) in [5, 5.41) is 14.1. The average Bonchev–Trinajstić information content (AvgIpc) is 1.61. The maximum Gasteiger partial charge on any atom is 0.210 e. The van der Waals surface area contributed by atoms with Crippen LogP contribution in [0.3, 0.4) is 0 Å². The van der Waals surface area contributed by atoms with Crippen molar-refractivity contribution < 1.29 is 26.8 Å². The van der Waals surface area contributed by atoms with Crippen molar-refractivity contribution in [3.8, 4) is 39.6 Å². The lowest BCUT2D eigenvalue weighted by atomic mass is 10.0. The van der Waals surface area contributed by atoms with Gasteiger partial charge in [0.1, 0.15) is 22.6 Å². The summed E-state index contributed by atoms with van der Waals surface area (Å²) in [5.41, 5.74) is 30.2. The topological polar surface area (TPSA) is 71.7 Å². The summed E-state index contributed by atoms with van der Waals surface area (Å²) < 4.78 is 51.3. The summed E-state index contributed by atoms with van der Waals surface area (Å²) in [4.78, 5) is 7.01. The molecule has 0 spiro atoms. The largest absolute Gasteiger partial charge is 0.454 e. The van der Waals surface area contributed by atoms with Gasteiger partial charge in [0, 0.05) is 184 Å². The molecule has 0 N–H and O–H groups in total. The van der Waals surface area contributed by atoms with E-state index in [-0.39, 0.29) is 5.82 Å². The van der Waals surface area contributed by atoms with E-state index >= 15 is 0 Å². The van der Waals surface area contributed by atoms with Crippen LogP contribution >= 0.6 is 34.0 Å². The Labute approximate surface area is 842 Å². The van der Waals surface area contributed by atoms with Crippen molar-refractivity contribution in [2.24, 2.45) is 0 Å². The highest BCUT2D eigenvalue weighted by atomic mass is 32.1. The number of pyridine rings is 2. The molecule has 11 aromatic heterocycles. The summed E-state index contributed by atoms with van der Waals surface area (Å²) in [5.74, 6) is -0.248. The summed E-state index contributed by atoms with van der Waals surface area (Å²) in [6.07, 6.45) is 8.50. The van der Waals surface area contributed by atoms with Gasteiger partial charge < -0.3 is 41.7 Å². The number of hydrogen-bond donors (Lipinski definition) is 0. The van der Waals surface area contributed by atoms with Crippen molar-refractivity contribution in [1.29, 1.82) is 0 Å². The van der Waals surface area contributed by atoms with Gasteiger partial charge >= 0.3 is 0 Å². The van der Waals surface area contributed by atoms with Crippen LogP contribution in [-0.4, -0.2) is 13.7 Å². The number of aromatic nitrogens is 5. The molecule has 0 radical (unpaired) electrons. The SMILES string of the molecule is Fc1ccc(-n2c3ccccc3c3cc(N(c4cc[n+](-c5ccccc5)cc4)c4ccc5c(c4)sc4c6ccccc6oc54)ccc32)cc1.c1ccc(-n2c3ccccc3c3cc(N(c4cc[n+](-c5ccccc5)cc4)c4ccc5c(c4)sc4c6ccccc6oc54)ccc32)cc1.c1ccc(N(c2ccc(-c3ccc4c(c3)c3ccccc3n4-c3ccccc3)cc2)c2ccc3c(c2)sc2c4ccccc4oc32)cc1. The molecule has 0 fully saturated rings. The van der Waals surface area contributed by atoms with Crippen molar-refractivity contribution in [2.45, 2.75) is 0 Å². The number of benzene rings is 19. The lowest BCUT2D eigenvalue weighted by Crippen LogP contribution is -2.29. The molecule has 0 amide bonds. The summed E-state index contributed by atoms with van der Waals surface area (Å²) >= 11 is 5.37. The van der Waals surface area contributed by atoms with Gasteiger partial charge in [0.05, 0.1) is 58.6 Å². The Bertz CT molecular complexity index is 10200. The van der Waals surface area contributed by atoms with Crippen LogP contribution < -0.4 is 23.8 Å². The molecule has 30 aromatic rings. The first-order valence-corrected chi connectivity index (χ1v) is 50.9. The predicted molar refractivity (Wildman–Crippen MR) is 603 cm³/mol. The Kier molecular flexibility index (Phi) is 20.4. The fourth-order valence-electron chi connectivity index (χ4n) is 21.3. The monoisotopic (exact) mass is 1920 g/mol. The number of para-hydroxylation sites is 11. The number of rotatable bonds is 15. The van der Waals surface area contributed by atoms with Gasteiger partial charge in [-0.3, -0.25) is 0 Å². The summed E-state index contributed by atoms with van der Waals surface area (Å²) in [6, 6.07) is 168. The Balaban J connectivity index is 0.000000106. The van der Waals surface area contributed by atoms with Crippen LogP contribution in [0.5, 0.6) is 0 Å². The fraction of sp³-hybridized carbons (Fsp3) is 0. The van der Waals surface area contributed by atoms with Crippen LogP contribution in [0.15, 0.2) is 517 Å². The second-order valence-corrected chi connectivity index (χ2v) is 39.6. The Hall–Kier alpha value is -18.5. The molecule has 0 unspecified atom stereocenters. The highest BCUT2D eigenvalue weighted by Gasteiger charge is 2.27. The van der Waals surface area contributed by atoms with Gasteiger partial charge in [-0.05, 0) is 242 Å². The number of halogens is 1. The van der Waals surface area contributed by atoms with Gasteiger partial charge in [-0.25, -0.2) is 4.39 Å². The van der Waals surface area contributed by atoms with Crippen molar-refractivity contribution in [2.75, 3.05) is 14.7 Å². The van der Waals surface area contributed by atoms with Crippen molar-refractivity contribution in [1.82, 2.24) is 13.7 Å². The highest BCUT2D eigenvalue weighted by Crippen LogP contribution is 2.51. The number of thiophene rings is 3. The van der Waals surface area contributed by atoms with Crippen LogP contribution in [0.4, 0.5) is 55.6 Å². The zero-order valence-corrected chi connectivity index (χ0v) is 80.3. The number of anilines is 9. The van der Waals surface area contributed by atoms with Crippen LogP contribution in [-0.2, 0) is 0 Å². The fourth-order valence-corrected chi connectivity index (χ4v) is 24.9. The first-order valence-electron chi connectivity index (χ1n) is 48.5. The number of nitrogens with zero attached hydrogens (tertiary/aromatic N) is 8. The summed E-state index contributed by atoms with van der Waals surface area (Å²) in [7, 11) is 0. The second kappa shape index (κ2) is 35.1. The molecule has 0 aliphatic rings. The lowest BCUT2D eigenvalue weighted by Gasteiger charge is -2.25. The molecule has 684 valence electrons. The molecule has 0 bridgehead atoms. The Morgan fingerprint density at radius 2 is 0.476 bits per heavy atom. The third-order valence-electron chi connectivity index (χ3n) is 28.0. The lowest BCUT2D eigenvalue weighted by molar-refractivity contribution is -0.595. The van der Waals surface area contributed by atoms with E-state index in [2.05, 4.69) is 469 Å². The molecule has 0 saturated carbocycles. The van der Waals surface area contributed by atoms with Gasteiger partial charge in [0.2, 0.25) is 11.4 Å². The average molecular weight is 1920 g/mol. The van der Waals surface area contributed by atoms with E-state index in [1.807, 2.05) is 60.7 Å². The maximum atomic E-state index is 13.9. The van der Waals surface area contributed by atoms with Gasteiger partial charge in [-0.1, -0.05) is 200 Å². The quantitative estimate of drug-likeness (QED) is 0.0953. The van der Waals surface area contributed by atoms with Crippen LogP contribution in [0.2, 0.25) is 0 Å². The molecule has 30 rings (SSSR count). The molecular formula is C130H83FN8O3S3+2. The van der Waals surface area contributed by atoms with E-state index in [0.717, 1.165) is 151 Å². The molecule has 15 heteroatoms. The van der Waals surface area contributed by atoms with E-state index in [1.54, 1.807) is 34.0 Å². The first-order chi connectivity index (χ1) is 71.8. The highest BCUT2D eigenvalue weighted by molar-refractivity contribution is 7.27. The third kappa shape index (κ3) is 14.6. The molecule has 0 atom stereocenters. The smallest absolute Gasteiger partial charge is 0.210 e. The van der Waals surface area contributed by atoms with E-state index in [1.165, 1.54) is 112 Å². The second-order valence-electron chi connectivity index (χ2n) is 36.4. The molecule has 11 nitrogen and oxygen atoms in total. The van der Waals surface area contributed by atoms with E-state index in [0.29, 0.717) is 0 Å². The molecule has 145 heavy (non-hydrogen) atoms. The molecular weight excluding hydrogens is 1840 g/mol. The molecule has 19 aromatic carbocycles. The minimum Gasteiger partial charge on any atom is -0.454 e. The maximum absolute atomic E-state index is 13.9.